The lowest BCUT2D eigenvalue weighted by atomic mass is 9.83. The van der Waals surface area contributed by atoms with E-state index < -0.39 is 5.41 Å². The third-order valence-corrected chi connectivity index (χ3v) is 4.09. The molecule has 0 saturated heterocycles. The quantitative estimate of drug-likeness (QED) is 0.909. The summed E-state index contributed by atoms with van der Waals surface area (Å²) in [6.07, 6.45) is 0. The van der Waals surface area contributed by atoms with E-state index in [2.05, 4.69) is 5.32 Å². The first-order valence-corrected chi connectivity index (χ1v) is 7.95. The lowest BCUT2D eigenvalue weighted by molar-refractivity contribution is -0.120. The largest absolute Gasteiger partial charge is 0.494 e. The van der Waals surface area contributed by atoms with E-state index in [-0.39, 0.29) is 12.7 Å². The molecule has 1 heterocycles. The van der Waals surface area contributed by atoms with Gasteiger partial charge in [-0.05, 0) is 62.7 Å². The van der Waals surface area contributed by atoms with Gasteiger partial charge >= 0.3 is 0 Å². The average Bonchev–Trinajstić information content (AvgIpc) is 3.04. The molecule has 3 rings (SSSR count). The second-order valence-electron chi connectivity index (χ2n) is 6.10. The van der Waals surface area contributed by atoms with Crippen LogP contribution in [-0.2, 0) is 10.2 Å². The Bertz CT molecular complexity index is 738. The van der Waals surface area contributed by atoms with Crippen LogP contribution in [0.2, 0.25) is 0 Å². The molecule has 0 saturated carbocycles. The van der Waals surface area contributed by atoms with Crippen LogP contribution in [0.25, 0.3) is 0 Å². The molecule has 0 spiro atoms. The van der Waals surface area contributed by atoms with Crippen molar-refractivity contribution in [2.45, 2.75) is 26.2 Å². The Balaban J connectivity index is 1.75. The number of benzene rings is 2. The van der Waals surface area contributed by atoms with Crippen molar-refractivity contribution in [2.24, 2.45) is 0 Å². The Hall–Kier alpha value is -2.69. The van der Waals surface area contributed by atoms with Gasteiger partial charge in [0.05, 0.1) is 12.0 Å². The highest BCUT2D eigenvalue weighted by molar-refractivity contribution is 5.98. The van der Waals surface area contributed by atoms with Gasteiger partial charge in [0.15, 0.2) is 11.5 Å². The number of carbonyl (C=O) groups is 1. The second-order valence-corrected chi connectivity index (χ2v) is 6.10. The summed E-state index contributed by atoms with van der Waals surface area (Å²) in [5, 5.41) is 2.95. The Kier molecular flexibility index (Phi) is 4.34. The van der Waals surface area contributed by atoms with E-state index in [0.29, 0.717) is 18.1 Å². The normalized spacial score (nSPS) is 12.8. The first-order valence-electron chi connectivity index (χ1n) is 7.95. The fourth-order valence-electron chi connectivity index (χ4n) is 2.50. The zero-order valence-electron chi connectivity index (χ0n) is 14.1. The lowest BCUT2D eigenvalue weighted by Crippen LogP contribution is -2.34. The summed E-state index contributed by atoms with van der Waals surface area (Å²) in [7, 11) is 0. The highest BCUT2D eigenvalue weighted by Crippen LogP contribution is 2.36. The topological polar surface area (TPSA) is 56.8 Å². The molecule has 5 heteroatoms. The molecule has 1 aliphatic rings. The maximum atomic E-state index is 12.7. The summed E-state index contributed by atoms with van der Waals surface area (Å²) in [5.41, 5.74) is 0.895. The van der Waals surface area contributed by atoms with E-state index in [1.165, 1.54) is 0 Å². The number of amides is 1. The Labute approximate surface area is 141 Å². The van der Waals surface area contributed by atoms with Crippen molar-refractivity contribution >= 4 is 11.6 Å². The number of ether oxygens (including phenoxy) is 3. The molecule has 126 valence electrons. The average molecular weight is 327 g/mol. The summed E-state index contributed by atoms with van der Waals surface area (Å²) < 4.78 is 16.1. The van der Waals surface area contributed by atoms with Gasteiger partial charge in [0, 0.05) is 5.69 Å². The van der Waals surface area contributed by atoms with Crippen LogP contribution in [0.15, 0.2) is 42.5 Å². The Morgan fingerprint density at radius 1 is 1.12 bits per heavy atom. The van der Waals surface area contributed by atoms with Crippen molar-refractivity contribution in [1.29, 1.82) is 0 Å². The maximum Gasteiger partial charge on any atom is 0.234 e. The summed E-state index contributed by atoms with van der Waals surface area (Å²) in [6.45, 7) is 6.53. The molecule has 24 heavy (non-hydrogen) atoms. The molecule has 0 atom stereocenters. The molecule has 0 aliphatic carbocycles. The summed E-state index contributed by atoms with van der Waals surface area (Å²) >= 11 is 0. The van der Waals surface area contributed by atoms with Crippen molar-refractivity contribution in [3.63, 3.8) is 0 Å². The number of carbonyl (C=O) groups excluding carboxylic acids is 1. The van der Waals surface area contributed by atoms with Gasteiger partial charge in [0.25, 0.3) is 0 Å². The molecule has 1 aliphatic heterocycles. The number of hydrogen-bond acceptors (Lipinski definition) is 4. The molecule has 0 fully saturated rings. The lowest BCUT2D eigenvalue weighted by Gasteiger charge is -2.24. The van der Waals surface area contributed by atoms with Crippen LogP contribution in [0.1, 0.15) is 26.3 Å². The third kappa shape index (κ3) is 3.15. The SMILES string of the molecule is CCOc1ccc(NC(=O)C(C)(C)c2ccc3c(c2)OCO3)cc1. The molecule has 0 radical (unpaired) electrons. The van der Waals surface area contributed by atoms with Crippen molar-refractivity contribution in [3.8, 4) is 17.2 Å². The molecule has 1 amide bonds. The van der Waals surface area contributed by atoms with Crippen LogP contribution in [-0.4, -0.2) is 19.3 Å². The monoisotopic (exact) mass is 327 g/mol. The van der Waals surface area contributed by atoms with Crippen molar-refractivity contribution in [1.82, 2.24) is 0 Å². The smallest absolute Gasteiger partial charge is 0.234 e. The molecular formula is C19H21NO4. The van der Waals surface area contributed by atoms with Gasteiger partial charge in [-0.25, -0.2) is 0 Å². The Morgan fingerprint density at radius 3 is 2.54 bits per heavy atom. The van der Waals surface area contributed by atoms with Crippen LogP contribution in [0.5, 0.6) is 17.2 Å². The zero-order chi connectivity index (χ0) is 17.2. The maximum absolute atomic E-state index is 12.7. The van der Waals surface area contributed by atoms with Gasteiger partial charge in [0.1, 0.15) is 5.75 Å². The van der Waals surface area contributed by atoms with Gasteiger partial charge in [-0.15, -0.1) is 0 Å². The summed E-state index contributed by atoms with van der Waals surface area (Å²) in [5.74, 6) is 2.08. The van der Waals surface area contributed by atoms with E-state index in [9.17, 15) is 4.79 Å². The highest BCUT2D eigenvalue weighted by atomic mass is 16.7. The zero-order valence-corrected chi connectivity index (χ0v) is 14.1. The van der Waals surface area contributed by atoms with Crippen LogP contribution >= 0.6 is 0 Å². The number of rotatable bonds is 5. The minimum atomic E-state index is -0.709. The molecule has 1 N–H and O–H groups in total. The Morgan fingerprint density at radius 2 is 1.83 bits per heavy atom. The first kappa shape index (κ1) is 16.2. The molecular weight excluding hydrogens is 306 g/mol. The van der Waals surface area contributed by atoms with Crippen LogP contribution in [0, 0.1) is 0 Å². The fraction of sp³-hybridized carbons (Fsp3) is 0.316. The fourth-order valence-corrected chi connectivity index (χ4v) is 2.50. The third-order valence-electron chi connectivity index (χ3n) is 4.09. The number of nitrogens with one attached hydrogen (secondary N) is 1. The predicted octanol–water partition coefficient (Wildman–Crippen LogP) is 3.73. The number of fused-ring (bicyclic) bond motifs is 1. The number of anilines is 1. The molecule has 5 nitrogen and oxygen atoms in total. The van der Waals surface area contributed by atoms with Gasteiger partial charge in [-0.2, -0.15) is 0 Å². The minimum absolute atomic E-state index is 0.0921. The van der Waals surface area contributed by atoms with E-state index in [1.807, 2.05) is 63.2 Å². The molecule has 0 unspecified atom stereocenters. The highest BCUT2D eigenvalue weighted by Gasteiger charge is 2.31. The van der Waals surface area contributed by atoms with E-state index in [0.717, 1.165) is 17.0 Å². The van der Waals surface area contributed by atoms with Crippen LogP contribution in [0.3, 0.4) is 0 Å². The van der Waals surface area contributed by atoms with Crippen LogP contribution < -0.4 is 19.5 Å². The minimum Gasteiger partial charge on any atom is -0.494 e. The molecule has 2 aromatic rings. The molecule has 0 bridgehead atoms. The van der Waals surface area contributed by atoms with Gasteiger partial charge in [-0.1, -0.05) is 6.07 Å². The van der Waals surface area contributed by atoms with Crippen molar-refractivity contribution in [2.75, 3.05) is 18.7 Å². The van der Waals surface area contributed by atoms with Gasteiger partial charge < -0.3 is 19.5 Å². The number of hydrogen-bond donors (Lipinski definition) is 1. The summed E-state index contributed by atoms with van der Waals surface area (Å²) in [4.78, 5) is 12.7. The van der Waals surface area contributed by atoms with E-state index in [4.69, 9.17) is 14.2 Å². The van der Waals surface area contributed by atoms with Crippen LogP contribution in [0.4, 0.5) is 5.69 Å². The van der Waals surface area contributed by atoms with Gasteiger partial charge in [-0.3, -0.25) is 4.79 Å². The van der Waals surface area contributed by atoms with E-state index >= 15 is 0 Å². The standard InChI is InChI=1S/C19H21NO4/c1-4-22-15-8-6-14(7-9-15)20-18(21)19(2,3)13-5-10-16-17(11-13)24-12-23-16/h5-11H,4,12H2,1-3H3,(H,20,21). The van der Waals surface area contributed by atoms with E-state index in [1.54, 1.807) is 0 Å². The predicted molar refractivity (Wildman–Crippen MR) is 91.8 cm³/mol. The molecule has 0 aromatic heterocycles. The second kappa shape index (κ2) is 6.43. The molecule has 2 aromatic carbocycles. The van der Waals surface area contributed by atoms with Crippen molar-refractivity contribution in [3.05, 3.63) is 48.0 Å². The van der Waals surface area contributed by atoms with Gasteiger partial charge in [0.2, 0.25) is 12.7 Å². The van der Waals surface area contributed by atoms with Crippen molar-refractivity contribution < 1.29 is 19.0 Å². The summed E-state index contributed by atoms with van der Waals surface area (Å²) in [6, 6.07) is 12.9. The first-order chi connectivity index (χ1) is 11.5.